The summed E-state index contributed by atoms with van der Waals surface area (Å²) in [6.07, 6.45) is 2.40. The number of benzene rings is 1. The lowest BCUT2D eigenvalue weighted by molar-refractivity contribution is 0.246. The van der Waals surface area contributed by atoms with Crippen LogP contribution in [0.25, 0.3) is 0 Å². The van der Waals surface area contributed by atoms with Crippen LogP contribution in [0.3, 0.4) is 0 Å². The van der Waals surface area contributed by atoms with E-state index >= 15 is 0 Å². The molecule has 1 aromatic rings. The highest BCUT2D eigenvalue weighted by molar-refractivity contribution is 9.10. The number of methoxy groups -OCH3 is 1. The van der Waals surface area contributed by atoms with Gasteiger partial charge in [0.25, 0.3) is 0 Å². The summed E-state index contributed by atoms with van der Waals surface area (Å²) in [6.45, 7) is 3.90. The van der Waals surface area contributed by atoms with E-state index in [1.807, 2.05) is 6.07 Å². The Hall–Kier alpha value is -0.580. The van der Waals surface area contributed by atoms with E-state index < -0.39 is 0 Å². The van der Waals surface area contributed by atoms with Crippen molar-refractivity contribution >= 4 is 15.9 Å². The van der Waals surface area contributed by atoms with E-state index in [1.165, 1.54) is 18.4 Å². The second kappa shape index (κ2) is 7.77. The Kier molecular flexibility index (Phi) is 6.68. The van der Waals surface area contributed by atoms with Gasteiger partial charge in [0.15, 0.2) is 0 Å². The van der Waals surface area contributed by atoms with Gasteiger partial charge in [0, 0.05) is 12.6 Å². The van der Waals surface area contributed by atoms with E-state index in [2.05, 4.69) is 46.9 Å². The molecule has 0 radical (unpaired) electrons. The molecule has 0 spiro atoms. The predicted molar refractivity (Wildman–Crippen MR) is 80.0 cm³/mol. The maximum absolute atomic E-state index is 5.91. The average Bonchev–Trinajstić information content (AvgIpc) is 2.37. The molecule has 1 atom stereocenters. The monoisotopic (exact) mass is 314 g/mol. The van der Waals surface area contributed by atoms with Gasteiger partial charge in [-0.25, -0.2) is 0 Å². The number of nitrogens with zero attached hydrogens (tertiary/aromatic N) is 1. The molecule has 4 heteroatoms. The summed E-state index contributed by atoms with van der Waals surface area (Å²) in [5.74, 6) is 0.853. The number of halogens is 1. The minimum absolute atomic E-state index is 0.263. The number of rotatable bonds is 7. The number of likely N-dealkylation sites (N-methyl/N-ethyl adjacent to an activating group) is 1. The number of ether oxygens (including phenoxy) is 1. The summed E-state index contributed by atoms with van der Waals surface area (Å²) < 4.78 is 6.22. The third-order valence-electron chi connectivity index (χ3n) is 3.18. The zero-order valence-corrected chi connectivity index (χ0v) is 13.0. The third-order valence-corrected chi connectivity index (χ3v) is 3.80. The molecule has 0 heterocycles. The molecule has 2 N–H and O–H groups in total. The molecule has 0 aliphatic carbocycles. The van der Waals surface area contributed by atoms with Crippen LogP contribution in [0.1, 0.15) is 31.4 Å². The molecule has 102 valence electrons. The molecule has 1 unspecified atom stereocenters. The zero-order valence-electron chi connectivity index (χ0n) is 11.4. The van der Waals surface area contributed by atoms with E-state index in [1.54, 1.807) is 7.11 Å². The molecule has 0 fully saturated rings. The first-order valence-corrected chi connectivity index (χ1v) is 7.17. The summed E-state index contributed by atoms with van der Waals surface area (Å²) in [5.41, 5.74) is 7.14. The van der Waals surface area contributed by atoms with Gasteiger partial charge in [-0.05, 0) is 53.6 Å². The lowest BCUT2D eigenvalue weighted by atomic mass is 10.1. The molecule has 1 rings (SSSR count). The fraction of sp³-hybridized carbons (Fsp3) is 0.571. The van der Waals surface area contributed by atoms with Crippen LogP contribution in [0.4, 0.5) is 0 Å². The second-order valence-electron chi connectivity index (χ2n) is 4.48. The zero-order chi connectivity index (χ0) is 13.5. The highest BCUT2D eigenvalue weighted by atomic mass is 79.9. The molecule has 0 aliphatic heterocycles. The molecule has 0 bridgehead atoms. The molecule has 3 nitrogen and oxygen atoms in total. The summed E-state index contributed by atoms with van der Waals surface area (Å²) in [4.78, 5) is 2.32. The Bertz CT molecular complexity index is 371. The lowest BCUT2D eigenvalue weighted by Crippen LogP contribution is -2.31. The van der Waals surface area contributed by atoms with Gasteiger partial charge in [-0.15, -0.1) is 0 Å². The first-order chi connectivity index (χ1) is 8.63. The molecule has 0 saturated carbocycles. The van der Waals surface area contributed by atoms with Crippen molar-refractivity contribution < 1.29 is 4.74 Å². The van der Waals surface area contributed by atoms with Crippen molar-refractivity contribution in [3.05, 3.63) is 28.2 Å². The van der Waals surface area contributed by atoms with Crippen molar-refractivity contribution in [2.75, 3.05) is 27.2 Å². The van der Waals surface area contributed by atoms with Crippen LogP contribution in [0.5, 0.6) is 5.75 Å². The fourth-order valence-electron chi connectivity index (χ4n) is 2.02. The summed E-state index contributed by atoms with van der Waals surface area (Å²) in [5, 5.41) is 0. The Morgan fingerprint density at radius 2 is 2.17 bits per heavy atom. The first-order valence-electron chi connectivity index (χ1n) is 6.37. The maximum Gasteiger partial charge on any atom is 0.133 e. The Morgan fingerprint density at radius 1 is 1.44 bits per heavy atom. The summed E-state index contributed by atoms with van der Waals surface area (Å²) in [7, 11) is 3.80. The third kappa shape index (κ3) is 3.97. The lowest BCUT2D eigenvalue weighted by Gasteiger charge is -2.27. The highest BCUT2D eigenvalue weighted by Crippen LogP contribution is 2.29. The van der Waals surface area contributed by atoms with Crippen molar-refractivity contribution in [2.45, 2.75) is 25.8 Å². The van der Waals surface area contributed by atoms with Gasteiger partial charge >= 0.3 is 0 Å². The number of unbranched alkanes of at least 4 members (excludes halogenated alkanes) is 1. The van der Waals surface area contributed by atoms with E-state index in [0.29, 0.717) is 6.54 Å². The van der Waals surface area contributed by atoms with E-state index in [4.69, 9.17) is 10.5 Å². The predicted octanol–water partition coefficient (Wildman–Crippen LogP) is 3.19. The second-order valence-corrected chi connectivity index (χ2v) is 5.33. The van der Waals surface area contributed by atoms with Crippen molar-refractivity contribution in [1.29, 1.82) is 0 Å². The van der Waals surface area contributed by atoms with Crippen molar-refractivity contribution in [2.24, 2.45) is 5.73 Å². The van der Waals surface area contributed by atoms with Crippen molar-refractivity contribution in [1.82, 2.24) is 4.90 Å². The van der Waals surface area contributed by atoms with Crippen molar-refractivity contribution in [3.63, 3.8) is 0 Å². The van der Waals surface area contributed by atoms with Gasteiger partial charge in [-0.3, -0.25) is 4.90 Å². The van der Waals surface area contributed by atoms with Crippen LogP contribution in [0.2, 0.25) is 0 Å². The Labute approximate surface area is 118 Å². The van der Waals surface area contributed by atoms with E-state index in [9.17, 15) is 0 Å². The summed E-state index contributed by atoms with van der Waals surface area (Å²) in [6, 6.07) is 6.43. The van der Waals surface area contributed by atoms with Gasteiger partial charge in [0.1, 0.15) is 5.75 Å². The first kappa shape index (κ1) is 15.5. The number of hydrogen-bond donors (Lipinski definition) is 1. The average molecular weight is 315 g/mol. The standard InChI is InChI=1S/C14H23BrN2O/c1-4-5-8-17(2)13(10-16)11-6-7-14(18-3)12(15)9-11/h6-7,9,13H,4-5,8,10,16H2,1-3H3. The maximum atomic E-state index is 5.91. The van der Waals surface area contributed by atoms with Crippen LogP contribution in [-0.4, -0.2) is 32.1 Å². The largest absolute Gasteiger partial charge is 0.496 e. The molecule has 0 saturated heterocycles. The topological polar surface area (TPSA) is 38.5 Å². The molecule has 18 heavy (non-hydrogen) atoms. The minimum atomic E-state index is 0.263. The van der Waals surface area contributed by atoms with E-state index in [-0.39, 0.29) is 6.04 Å². The quantitative estimate of drug-likeness (QED) is 0.840. The molecular formula is C14H23BrN2O. The number of nitrogens with two attached hydrogens (primary N) is 1. The van der Waals surface area contributed by atoms with E-state index in [0.717, 1.165) is 16.8 Å². The normalized spacial score (nSPS) is 12.8. The number of hydrogen-bond acceptors (Lipinski definition) is 3. The van der Waals surface area contributed by atoms with Crippen LogP contribution in [0, 0.1) is 0 Å². The SMILES string of the molecule is CCCCN(C)C(CN)c1ccc(OC)c(Br)c1. The Balaban J connectivity index is 2.84. The Morgan fingerprint density at radius 3 is 2.67 bits per heavy atom. The molecule has 0 amide bonds. The van der Waals surface area contributed by atoms with Crippen LogP contribution < -0.4 is 10.5 Å². The van der Waals surface area contributed by atoms with Gasteiger partial charge in [0.2, 0.25) is 0 Å². The van der Waals surface area contributed by atoms with Crippen LogP contribution in [0.15, 0.2) is 22.7 Å². The summed E-state index contributed by atoms with van der Waals surface area (Å²) >= 11 is 3.52. The molecular weight excluding hydrogens is 292 g/mol. The van der Waals surface area contributed by atoms with Crippen molar-refractivity contribution in [3.8, 4) is 5.75 Å². The molecule has 0 aliphatic rings. The van der Waals surface area contributed by atoms with Gasteiger partial charge < -0.3 is 10.5 Å². The fourth-order valence-corrected chi connectivity index (χ4v) is 2.58. The molecule has 0 aromatic heterocycles. The van der Waals surface area contributed by atoms with Gasteiger partial charge in [-0.1, -0.05) is 19.4 Å². The van der Waals surface area contributed by atoms with Gasteiger partial charge in [-0.2, -0.15) is 0 Å². The molecule has 1 aromatic carbocycles. The van der Waals surface area contributed by atoms with Crippen LogP contribution >= 0.6 is 15.9 Å². The minimum Gasteiger partial charge on any atom is -0.496 e. The van der Waals surface area contributed by atoms with Gasteiger partial charge in [0.05, 0.1) is 11.6 Å². The smallest absolute Gasteiger partial charge is 0.133 e. The highest BCUT2D eigenvalue weighted by Gasteiger charge is 2.16. The van der Waals surface area contributed by atoms with Crippen LogP contribution in [-0.2, 0) is 0 Å².